The zero-order valence-electron chi connectivity index (χ0n) is 13.4. The van der Waals surface area contributed by atoms with Crippen LogP contribution in [0.4, 0.5) is 6.01 Å². The maximum Gasteiger partial charge on any atom is 0.316 e. The number of para-hydroxylation sites is 2. The lowest BCUT2D eigenvalue weighted by Crippen LogP contribution is -2.41. The third-order valence-electron chi connectivity index (χ3n) is 4.04. The fraction of sp³-hybridized carbons (Fsp3) is 0.353. The first-order valence-electron chi connectivity index (χ1n) is 7.95. The molecule has 0 saturated carbocycles. The first kappa shape index (κ1) is 14.7. The van der Waals surface area contributed by atoms with Crippen molar-refractivity contribution in [3.05, 3.63) is 36.7 Å². The van der Waals surface area contributed by atoms with Crippen molar-refractivity contribution < 1.29 is 13.9 Å². The van der Waals surface area contributed by atoms with Crippen molar-refractivity contribution in [2.75, 3.05) is 25.1 Å². The lowest BCUT2D eigenvalue weighted by atomic mass is 10.1. The van der Waals surface area contributed by atoms with Gasteiger partial charge in [0.1, 0.15) is 11.6 Å². The third-order valence-corrected chi connectivity index (χ3v) is 4.04. The Morgan fingerprint density at radius 1 is 1.21 bits per heavy atom. The van der Waals surface area contributed by atoms with E-state index in [4.69, 9.17) is 13.9 Å². The average Bonchev–Trinajstić information content (AvgIpc) is 3.07. The highest BCUT2D eigenvalue weighted by Gasteiger charge is 2.25. The molecule has 3 heterocycles. The van der Waals surface area contributed by atoms with Crippen molar-refractivity contribution in [3.8, 4) is 11.8 Å². The van der Waals surface area contributed by atoms with E-state index < -0.39 is 0 Å². The monoisotopic (exact) mass is 326 g/mol. The minimum absolute atomic E-state index is 0.00200. The smallest absolute Gasteiger partial charge is 0.316 e. The van der Waals surface area contributed by atoms with E-state index in [1.807, 2.05) is 24.3 Å². The Bertz CT molecular complexity index is 785. The van der Waals surface area contributed by atoms with Crippen LogP contribution in [-0.4, -0.2) is 41.3 Å². The summed E-state index contributed by atoms with van der Waals surface area (Å²) in [5.41, 5.74) is 1.67. The molecule has 1 fully saturated rings. The van der Waals surface area contributed by atoms with Gasteiger partial charge in [-0.1, -0.05) is 12.1 Å². The van der Waals surface area contributed by atoms with E-state index in [9.17, 15) is 0 Å². The van der Waals surface area contributed by atoms with Gasteiger partial charge in [-0.15, -0.1) is 0 Å². The van der Waals surface area contributed by atoms with Gasteiger partial charge in [0.2, 0.25) is 0 Å². The first-order valence-corrected chi connectivity index (χ1v) is 7.95. The number of ether oxygens (including phenoxy) is 2. The van der Waals surface area contributed by atoms with E-state index in [1.54, 1.807) is 19.5 Å². The molecule has 0 aliphatic carbocycles. The van der Waals surface area contributed by atoms with Gasteiger partial charge in [0.15, 0.2) is 11.3 Å². The Morgan fingerprint density at radius 2 is 2.04 bits per heavy atom. The lowest BCUT2D eigenvalue weighted by molar-refractivity contribution is 0.162. The van der Waals surface area contributed by atoms with Crippen LogP contribution in [-0.2, 0) is 0 Å². The predicted octanol–water partition coefficient (Wildman–Crippen LogP) is 2.67. The van der Waals surface area contributed by atoms with Gasteiger partial charge in [0.25, 0.3) is 6.01 Å². The number of anilines is 1. The van der Waals surface area contributed by atoms with Gasteiger partial charge in [-0.25, -0.2) is 0 Å². The highest BCUT2D eigenvalue weighted by atomic mass is 16.5. The summed E-state index contributed by atoms with van der Waals surface area (Å²) in [5.74, 6) is 0.610. The van der Waals surface area contributed by atoms with Crippen LogP contribution in [0.5, 0.6) is 11.8 Å². The van der Waals surface area contributed by atoms with Crippen LogP contribution in [0.3, 0.4) is 0 Å². The molecule has 124 valence electrons. The Balaban J connectivity index is 1.46. The number of nitrogens with zero attached hydrogens (tertiary/aromatic N) is 4. The fourth-order valence-electron chi connectivity index (χ4n) is 2.82. The molecule has 0 spiro atoms. The molecule has 0 radical (unpaired) electrons. The Hall–Kier alpha value is -2.83. The summed E-state index contributed by atoms with van der Waals surface area (Å²) in [6.07, 6.45) is 5.15. The van der Waals surface area contributed by atoms with E-state index in [1.165, 1.54) is 0 Å². The van der Waals surface area contributed by atoms with Crippen LogP contribution in [0, 0.1) is 0 Å². The molecule has 3 aromatic rings. The highest BCUT2D eigenvalue weighted by Crippen LogP contribution is 2.25. The molecule has 0 N–H and O–H groups in total. The number of aromatic nitrogens is 3. The van der Waals surface area contributed by atoms with Crippen molar-refractivity contribution >= 4 is 17.1 Å². The summed E-state index contributed by atoms with van der Waals surface area (Å²) in [4.78, 5) is 15.0. The second-order valence-electron chi connectivity index (χ2n) is 5.70. The molecule has 1 saturated heterocycles. The van der Waals surface area contributed by atoms with E-state index in [0.717, 1.165) is 30.5 Å². The topological polar surface area (TPSA) is 73.5 Å². The predicted molar refractivity (Wildman–Crippen MR) is 88.5 cm³/mol. The third kappa shape index (κ3) is 2.97. The molecule has 7 heteroatoms. The van der Waals surface area contributed by atoms with Crippen molar-refractivity contribution in [1.82, 2.24) is 15.0 Å². The summed E-state index contributed by atoms with van der Waals surface area (Å²) in [7, 11) is 1.58. The van der Waals surface area contributed by atoms with Gasteiger partial charge in [0, 0.05) is 6.54 Å². The molecule has 1 unspecified atom stereocenters. The van der Waals surface area contributed by atoms with Gasteiger partial charge in [0.05, 0.1) is 26.0 Å². The minimum atomic E-state index is 0.00200. The molecule has 4 rings (SSSR count). The van der Waals surface area contributed by atoms with E-state index >= 15 is 0 Å². The van der Waals surface area contributed by atoms with Gasteiger partial charge in [-0.3, -0.25) is 0 Å². The van der Waals surface area contributed by atoms with Gasteiger partial charge in [-0.2, -0.15) is 15.0 Å². The quantitative estimate of drug-likeness (QED) is 0.729. The molecular formula is C17H18N4O3. The van der Waals surface area contributed by atoms with Crippen LogP contribution in [0.1, 0.15) is 12.8 Å². The van der Waals surface area contributed by atoms with E-state index in [2.05, 4.69) is 19.9 Å². The standard InChI is InChI=1S/C17H18N4O3/c1-22-13-9-18-16(19-10-13)23-12-5-4-8-21(11-12)17-20-14-6-2-3-7-15(14)24-17/h2-3,6-7,9-10,12H,4-5,8,11H2,1H3. The van der Waals surface area contributed by atoms with Crippen LogP contribution in [0.15, 0.2) is 41.1 Å². The molecule has 1 aromatic carbocycles. The molecule has 24 heavy (non-hydrogen) atoms. The van der Waals surface area contributed by atoms with Crippen molar-refractivity contribution in [2.24, 2.45) is 0 Å². The maximum absolute atomic E-state index is 5.89. The van der Waals surface area contributed by atoms with Gasteiger partial charge < -0.3 is 18.8 Å². The second kappa shape index (κ2) is 6.35. The molecular weight excluding hydrogens is 308 g/mol. The lowest BCUT2D eigenvalue weighted by Gasteiger charge is -2.31. The van der Waals surface area contributed by atoms with Crippen molar-refractivity contribution in [3.63, 3.8) is 0 Å². The number of hydrogen-bond acceptors (Lipinski definition) is 7. The number of piperidine rings is 1. The summed E-state index contributed by atoms with van der Waals surface area (Å²) in [5, 5.41) is 0. The van der Waals surface area contributed by atoms with Gasteiger partial charge >= 0.3 is 6.01 Å². The zero-order chi connectivity index (χ0) is 16.4. The Labute approximate surface area is 139 Å². The summed E-state index contributed by atoms with van der Waals surface area (Å²) in [6.45, 7) is 1.60. The zero-order valence-corrected chi connectivity index (χ0v) is 13.4. The number of methoxy groups -OCH3 is 1. The van der Waals surface area contributed by atoms with E-state index in [0.29, 0.717) is 24.3 Å². The van der Waals surface area contributed by atoms with Crippen LogP contribution in [0.2, 0.25) is 0 Å². The largest absolute Gasteiger partial charge is 0.494 e. The van der Waals surface area contributed by atoms with E-state index in [-0.39, 0.29) is 6.10 Å². The molecule has 0 amide bonds. The average molecular weight is 326 g/mol. The summed E-state index contributed by atoms with van der Waals surface area (Å²) in [6, 6.07) is 8.78. The molecule has 0 bridgehead atoms. The number of rotatable bonds is 4. The molecule has 1 aliphatic rings. The number of benzene rings is 1. The number of oxazole rings is 1. The Kier molecular flexibility index (Phi) is 3.90. The fourth-order valence-corrected chi connectivity index (χ4v) is 2.82. The minimum Gasteiger partial charge on any atom is -0.494 e. The van der Waals surface area contributed by atoms with Gasteiger partial charge in [-0.05, 0) is 25.0 Å². The molecule has 1 atom stereocenters. The molecule has 2 aromatic heterocycles. The molecule has 7 nitrogen and oxygen atoms in total. The van der Waals surface area contributed by atoms with Crippen molar-refractivity contribution in [2.45, 2.75) is 18.9 Å². The first-order chi connectivity index (χ1) is 11.8. The highest BCUT2D eigenvalue weighted by molar-refractivity contribution is 5.74. The second-order valence-corrected chi connectivity index (χ2v) is 5.70. The van der Waals surface area contributed by atoms with Crippen LogP contribution in [0.25, 0.3) is 11.1 Å². The SMILES string of the molecule is COc1cnc(OC2CCCN(c3nc4ccccc4o3)C2)nc1. The molecule has 1 aliphatic heterocycles. The van der Waals surface area contributed by atoms with Crippen LogP contribution >= 0.6 is 0 Å². The summed E-state index contributed by atoms with van der Waals surface area (Å²) >= 11 is 0. The number of fused-ring (bicyclic) bond motifs is 1. The number of hydrogen-bond donors (Lipinski definition) is 0. The van der Waals surface area contributed by atoms with Crippen LogP contribution < -0.4 is 14.4 Å². The van der Waals surface area contributed by atoms with Crippen molar-refractivity contribution in [1.29, 1.82) is 0 Å². The normalized spacial score (nSPS) is 17.9. The maximum atomic E-state index is 5.89. The summed E-state index contributed by atoms with van der Waals surface area (Å²) < 4.78 is 16.8. The Morgan fingerprint density at radius 3 is 2.83 bits per heavy atom.